The van der Waals surface area contributed by atoms with Crippen LogP contribution >= 0.6 is 0 Å². The Balaban J connectivity index is 1.93. The number of nitrogens with one attached hydrogen (secondary N) is 2. The number of ether oxygens (including phenoxy) is 1. The van der Waals surface area contributed by atoms with Crippen molar-refractivity contribution in [2.24, 2.45) is 4.99 Å². The Morgan fingerprint density at radius 1 is 1.23 bits per heavy atom. The van der Waals surface area contributed by atoms with Crippen molar-refractivity contribution in [1.82, 2.24) is 20.4 Å². The average Bonchev–Trinajstić information content (AvgIpc) is 2.72. The smallest absolute Gasteiger partial charge is 0.379 e. The van der Waals surface area contributed by atoms with E-state index in [1.807, 2.05) is 0 Å². The number of hydrogen-bond acceptors (Lipinski definition) is 4. The van der Waals surface area contributed by atoms with E-state index in [2.05, 4.69) is 20.5 Å². The third-order valence-corrected chi connectivity index (χ3v) is 4.63. The monoisotopic (exact) mass is 429 g/mol. The molecule has 1 aliphatic rings. The third kappa shape index (κ3) is 8.58. The summed E-state index contributed by atoms with van der Waals surface area (Å²) in [7, 11) is 3.30. The van der Waals surface area contributed by atoms with Crippen LogP contribution in [0, 0.1) is 0 Å². The van der Waals surface area contributed by atoms with Crippen LogP contribution in [0.15, 0.2) is 29.3 Å². The molecular weight excluding hydrogens is 399 g/mol. The topological polar surface area (TPSA) is 69.2 Å². The largest absolute Gasteiger partial charge is 0.416 e. The lowest BCUT2D eigenvalue weighted by molar-refractivity contribution is -0.137. The van der Waals surface area contributed by atoms with Crippen molar-refractivity contribution < 1.29 is 22.7 Å². The maximum Gasteiger partial charge on any atom is 0.416 e. The van der Waals surface area contributed by atoms with Crippen LogP contribution in [0.25, 0.3) is 0 Å². The summed E-state index contributed by atoms with van der Waals surface area (Å²) in [6.45, 7) is 4.95. The number of guanidine groups is 1. The first kappa shape index (κ1) is 23.9. The molecule has 1 saturated heterocycles. The minimum atomic E-state index is -4.39. The van der Waals surface area contributed by atoms with Gasteiger partial charge in [0, 0.05) is 33.7 Å². The number of aliphatic imine (C=N–C) groups is 1. The zero-order chi connectivity index (χ0) is 22.0. The van der Waals surface area contributed by atoms with E-state index in [0.29, 0.717) is 18.1 Å². The number of carbonyl (C=O) groups is 1. The number of hydrogen-bond donors (Lipinski definition) is 2. The van der Waals surface area contributed by atoms with Crippen LogP contribution in [0.4, 0.5) is 13.2 Å². The summed E-state index contributed by atoms with van der Waals surface area (Å²) in [6.07, 6.45) is -3.53. The SMILES string of the molecule is CN(C)C(=O)CNC(=NCc1cccc(C(F)(F)F)c1)NCCCN1CCOCC1. The normalized spacial score (nSPS) is 15.7. The van der Waals surface area contributed by atoms with Gasteiger partial charge in [-0.2, -0.15) is 13.2 Å². The molecule has 0 saturated carbocycles. The van der Waals surface area contributed by atoms with Crippen LogP contribution in [0.3, 0.4) is 0 Å². The van der Waals surface area contributed by atoms with Crippen molar-refractivity contribution in [2.75, 3.05) is 60.0 Å². The molecule has 0 aliphatic carbocycles. The molecule has 7 nitrogen and oxygen atoms in total. The molecule has 1 aromatic rings. The van der Waals surface area contributed by atoms with Crippen LogP contribution < -0.4 is 10.6 Å². The van der Waals surface area contributed by atoms with Crippen LogP contribution in [-0.4, -0.2) is 81.7 Å². The second-order valence-electron chi connectivity index (χ2n) is 7.24. The molecule has 0 bridgehead atoms. The zero-order valence-electron chi connectivity index (χ0n) is 17.5. The number of benzene rings is 1. The first-order valence-electron chi connectivity index (χ1n) is 9.94. The Morgan fingerprint density at radius 3 is 2.63 bits per heavy atom. The number of halogens is 3. The molecular formula is C20H30F3N5O2. The highest BCUT2D eigenvalue weighted by Crippen LogP contribution is 2.29. The summed E-state index contributed by atoms with van der Waals surface area (Å²) in [5, 5.41) is 6.10. The molecule has 0 aromatic heterocycles. The van der Waals surface area contributed by atoms with E-state index >= 15 is 0 Å². The van der Waals surface area contributed by atoms with Gasteiger partial charge in [0.25, 0.3) is 0 Å². The number of morpholine rings is 1. The van der Waals surface area contributed by atoms with Crippen molar-refractivity contribution in [3.05, 3.63) is 35.4 Å². The Morgan fingerprint density at radius 2 is 1.97 bits per heavy atom. The molecule has 10 heteroatoms. The van der Waals surface area contributed by atoms with Gasteiger partial charge in [-0.05, 0) is 30.7 Å². The van der Waals surface area contributed by atoms with Crippen LogP contribution in [0.1, 0.15) is 17.5 Å². The fourth-order valence-electron chi connectivity index (χ4n) is 2.84. The fourth-order valence-corrected chi connectivity index (χ4v) is 2.84. The van der Waals surface area contributed by atoms with Crippen molar-refractivity contribution >= 4 is 11.9 Å². The minimum absolute atomic E-state index is 0.0465. The molecule has 2 rings (SSSR count). The van der Waals surface area contributed by atoms with E-state index < -0.39 is 11.7 Å². The quantitative estimate of drug-likeness (QED) is 0.373. The summed E-state index contributed by atoms with van der Waals surface area (Å²) in [6, 6.07) is 5.09. The number of alkyl halides is 3. The summed E-state index contributed by atoms with van der Waals surface area (Å²) in [4.78, 5) is 20.0. The molecule has 0 radical (unpaired) electrons. The summed E-state index contributed by atoms with van der Waals surface area (Å²) in [5.74, 6) is 0.265. The molecule has 2 N–H and O–H groups in total. The van der Waals surface area contributed by atoms with Crippen molar-refractivity contribution in [3.63, 3.8) is 0 Å². The highest BCUT2D eigenvalue weighted by atomic mass is 19.4. The van der Waals surface area contributed by atoms with E-state index in [-0.39, 0.29) is 19.0 Å². The maximum atomic E-state index is 12.9. The van der Waals surface area contributed by atoms with Gasteiger partial charge in [0.1, 0.15) is 0 Å². The van der Waals surface area contributed by atoms with Gasteiger partial charge in [0.2, 0.25) is 5.91 Å². The summed E-state index contributed by atoms with van der Waals surface area (Å²) >= 11 is 0. The van der Waals surface area contributed by atoms with Gasteiger partial charge in [-0.3, -0.25) is 9.69 Å². The Hall–Kier alpha value is -2.33. The summed E-state index contributed by atoms with van der Waals surface area (Å²) < 4.78 is 44.0. The van der Waals surface area contributed by atoms with Crippen LogP contribution in [0.5, 0.6) is 0 Å². The number of amides is 1. The first-order chi connectivity index (χ1) is 14.3. The second-order valence-corrected chi connectivity index (χ2v) is 7.24. The Labute approximate surface area is 175 Å². The third-order valence-electron chi connectivity index (χ3n) is 4.63. The molecule has 1 amide bonds. The van der Waals surface area contributed by atoms with Crippen LogP contribution in [0.2, 0.25) is 0 Å². The van der Waals surface area contributed by atoms with Gasteiger partial charge < -0.3 is 20.3 Å². The number of nitrogens with zero attached hydrogens (tertiary/aromatic N) is 3. The van der Waals surface area contributed by atoms with E-state index in [1.54, 1.807) is 20.2 Å². The van der Waals surface area contributed by atoms with Gasteiger partial charge in [-0.15, -0.1) is 0 Å². The predicted molar refractivity (Wildman–Crippen MR) is 109 cm³/mol. The van der Waals surface area contributed by atoms with Crippen molar-refractivity contribution in [3.8, 4) is 0 Å². The molecule has 0 atom stereocenters. The highest BCUT2D eigenvalue weighted by Gasteiger charge is 2.30. The molecule has 0 unspecified atom stereocenters. The molecule has 1 aromatic carbocycles. The number of likely N-dealkylation sites (N-methyl/N-ethyl adjacent to an activating group) is 1. The Kier molecular flexibility index (Phi) is 9.38. The van der Waals surface area contributed by atoms with E-state index in [1.165, 1.54) is 11.0 Å². The fraction of sp³-hybridized carbons (Fsp3) is 0.600. The molecule has 1 heterocycles. The molecule has 1 fully saturated rings. The zero-order valence-corrected chi connectivity index (χ0v) is 17.5. The van der Waals surface area contributed by atoms with Crippen molar-refractivity contribution in [1.29, 1.82) is 0 Å². The van der Waals surface area contributed by atoms with Gasteiger partial charge in [-0.25, -0.2) is 4.99 Å². The summed E-state index contributed by atoms with van der Waals surface area (Å²) in [5.41, 5.74) is -0.260. The lowest BCUT2D eigenvalue weighted by Crippen LogP contribution is -2.44. The highest BCUT2D eigenvalue weighted by molar-refractivity contribution is 5.86. The maximum absolute atomic E-state index is 12.9. The minimum Gasteiger partial charge on any atom is -0.379 e. The van der Waals surface area contributed by atoms with E-state index in [9.17, 15) is 18.0 Å². The number of carbonyl (C=O) groups excluding carboxylic acids is 1. The average molecular weight is 429 g/mol. The lowest BCUT2D eigenvalue weighted by Gasteiger charge is -2.26. The lowest BCUT2D eigenvalue weighted by atomic mass is 10.1. The van der Waals surface area contributed by atoms with Gasteiger partial charge >= 0.3 is 6.18 Å². The standard InChI is InChI=1S/C20H30F3N5O2/c1-27(2)18(29)15-26-19(24-7-4-8-28-9-11-30-12-10-28)25-14-16-5-3-6-17(13-16)20(21,22)23/h3,5-6,13H,4,7-12,14-15H2,1-2H3,(H2,24,25,26). The Bertz CT molecular complexity index is 704. The predicted octanol–water partition coefficient (Wildman–Crippen LogP) is 1.55. The van der Waals surface area contributed by atoms with Gasteiger partial charge in [0.15, 0.2) is 5.96 Å². The van der Waals surface area contributed by atoms with Gasteiger partial charge in [0.05, 0.1) is 31.9 Å². The molecule has 30 heavy (non-hydrogen) atoms. The van der Waals surface area contributed by atoms with E-state index in [0.717, 1.165) is 51.4 Å². The first-order valence-corrected chi connectivity index (χ1v) is 9.94. The van der Waals surface area contributed by atoms with Crippen LogP contribution in [-0.2, 0) is 22.3 Å². The number of rotatable bonds is 8. The molecule has 1 aliphatic heterocycles. The second kappa shape index (κ2) is 11.8. The molecule has 0 spiro atoms. The molecule has 168 valence electrons. The van der Waals surface area contributed by atoms with Crippen molar-refractivity contribution in [2.45, 2.75) is 19.1 Å². The van der Waals surface area contributed by atoms with E-state index in [4.69, 9.17) is 4.74 Å². The van der Waals surface area contributed by atoms with Gasteiger partial charge in [-0.1, -0.05) is 12.1 Å².